The predicted molar refractivity (Wildman–Crippen MR) is 257 cm³/mol. The number of hydrogen-bond donors (Lipinski definition) is 3. The summed E-state index contributed by atoms with van der Waals surface area (Å²) in [5.41, 5.74) is 0. The van der Waals surface area contributed by atoms with Crippen LogP contribution in [0.5, 0.6) is 0 Å². The highest BCUT2D eigenvalue weighted by atomic mass is 16.3. The third-order valence-corrected chi connectivity index (χ3v) is 10.3. The van der Waals surface area contributed by atoms with Gasteiger partial charge in [-0.1, -0.05) is 226 Å². The Balaban J connectivity index is 3.66. The van der Waals surface area contributed by atoms with Crippen LogP contribution in [0.4, 0.5) is 0 Å². The molecule has 58 heavy (non-hydrogen) atoms. The van der Waals surface area contributed by atoms with Gasteiger partial charge in [-0.05, 0) is 83.5 Å². The van der Waals surface area contributed by atoms with Gasteiger partial charge in [-0.2, -0.15) is 0 Å². The summed E-state index contributed by atoms with van der Waals surface area (Å²) in [6, 6.07) is -0.554. The Morgan fingerprint density at radius 3 is 1.14 bits per heavy atom. The smallest absolute Gasteiger partial charge is 0.220 e. The van der Waals surface area contributed by atoms with Crippen LogP contribution in [-0.2, 0) is 4.79 Å². The van der Waals surface area contributed by atoms with E-state index in [1.165, 1.54) is 83.5 Å². The minimum atomic E-state index is -0.674. The van der Waals surface area contributed by atoms with E-state index in [2.05, 4.69) is 129 Å². The van der Waals surface area contributed by atoms with Crippen LogP contribution in [0.25, 0.3) is 0 Å². The largest absolute Gasteiger partial charge is 0.394 e. The molecule has 0 rings (SSSR count). The number of allylic oxidation sites excluding steroid dienone is 18. The number of nitrogens with one attached hydrogen (secondary N) is 1. The van der Waals surface area contributed by atoms with E-state index in [9.17, 15) is 15.0 Å². The first-order valence-electron chi connectivity index (χ1n) is 24.1. The van der Waals surface area contributed by atoms with Gasteiger partial charge in [-0.25, -0.2) is 0 Å². The molecular weight excluding hydrogens is 711 g/mol. The number of amides is 1. The lowest BCUT2D eigenvalue weighted by Crippen LogP contribution is -2.45. The van der Waals surface area contributed by atoms with Crippen LogP contribution in [0, 0.1) is 0 Å². The average molecular weight is 802 g/mol. The molecule has 0 saturated heterocycles. The Labute approximate surface area is 359 Å². The standard InChI is InChI=1S/C54H91NO3/c1-3-5-7-9-11-13-15-17-18-19-20-21-22-23-24-25-26-27-28-29-30-31-32-33-34-35-36-38-40-42-44-46-48-50-54(58)55-52(51-56)53(57)49-47-45-43-41-39-37-16-14-12-10-8-6-4-2/h5,7,11,13,17-18,20-21,23-24,26-27,29-30,32-33,35-36,52-53,56-57H,3-4,6,8-10,12,14-16,19,22,25,28,31,34,37-51H2,1-2H3,(H,55,58)/b7-5-,13-11-,18-17-,21-20-,24-23-,27-26-,30-29-,33-32-,36-35-. The fourth-order valence-corrected chi connectivity index (χ4v) is 6.65. The summed E-state index contributed by atoms with van der Waals surface area (Å²) in [5.74, 6) is -0.0557. The SMILES string of the molecule is CC/C=C\C/C=C\C/C=C\C/C=C\C/C=C\C/C=C\C/C=C\C/C=C\C/C=C\CCCCCCCC(=O)NC(CO)C(O)CCCCCCCCCCCCCCC. The highest BCUT2D eigenvalue weighted by Crippen LogP contribution is 2.15. The summed E-state index contributed by atoms with van der Waals surface area (Å²) in [7, 11) is 0. The molecule has 0 aromatic carbocycles. The van der Waals surface area contributed by atoms with Crippen molar-refractivity contribution >= 4 is 5.91 Å². The molecule has 0 aliphatic carbocycles. The first-order valence-corrected chi connectivity index (χ1v) is 24.1. The molecule has 2 unspecified atom stereocenters. The van der Waals surface area contributed by atoms with Gasteiger partial charge in [-0.3, -0.25) is 4.79 Å². The highest BCUT2D eigenvalue weighted by Gasteiger charge is 2.20. The summed E-state index contributed by atoms with van der Waals surface area (Å²) >= 11 is 0. The van der Waals surface area contributed by atoms with Gasteiger partial charge in [0.1, 0.15) is 0 Å². The number of carbonyl (C=O) groups is 1. The van der Waals surface area contributed by atoms with Crippen molar-refractivity contribution in [1.82, 2.24) is 5.32 Å². The number of carbonyl (C=O) groups excluding carboxylic acids is 1. The summed E-state index contributed by atoms with van der Waals surface area (Å²) in [5, 5.41) is 23.2. The van der Waals surface area contributed by atoms with Crippen molar-refractivity contribution in [3.63, 3.8) is 0 Å². The van der Waals surface area contributed by atoms with Crippen molar-refractivity contribution in [3.8, 4) is 0 Å². The van der Waals surface area contributed by atoms with Gasteiger partial charge >= 0.3 is 0 Å². The molecule has 4 heteroatoms. The molecule has 0 aliphatic rings. The van der Waals surface area contributed by atoms with Crippen molar-refractivity contribution in [2.45, 2.75) is 219 Å². The molecule has 0 heterocycles. The minimum Gasteiger partial charge on any atom is -0.394 e. The van der Waals surface area contributed by atoms with Gasteiger partial charge in [0.05, 0.1) is 18.8 Å². The lowest BCUT2D eigenvalue weighted by molar-refractivity contribution is -0.123. The van der Waals surface area contributed by atoms with Crippen molar-refractivity contribution in [2.75, 3.05) is 6.61 Å². The van der Waals surface area contributed by atoms with Crippen LogP contribution in [0.2, 0.25) is 0 Å². The quantitative estimate of drug-likeness (QED) is 0.0425. The molecule has 1 amide bonds. The van der Waals surface area contributed by atoms with E-state index in [0.717, 1.165) is 96.3 Å². The van der Waals surface area contributed by atoms with Gasteiger partial charge in [0.2, 0.25) is 5.91 Å². The molecule has 0 aliphatic heterocycles. The molecule has 0 spiro atoms. The number of aliphatic hydroxyl groups excluding tert-OH is 2. The summed E-state index contributed by atoms with van der Waals surface area (Å²) in [6.07, 6.45) is 73.2. The maximum absolute atomic E-state index is 12.4. The zero-order valence-electron chi connectivity index (χ0n) is 37.8. The van der Waals surface area contributed by atoms with Gasteiger partial charge in [0.15, 0.2) is 0 Å². The van der Waals surface area contributed by atoms with Crippen molar-refractivity contribution in [2.24, 2.45) is 0 Å². The molecule has 330 valence electrons. The zero-order valence-corrected chi connectivity index (χ0v) is 37.8. The predicted octanol–water partition coefficient (Wildman–Crippen LogP) is 15.6. The van der Waals surface area contributed by atoms with Crippen LogP contribution in [-0.4, -0.2) is 34.9 Å². The molecular formula is C54H91NO3. The maximum atomic E-state index is 12.4. The third kappa shape index (κ3) is 44.2. The van der Waals surface area contributed by atoms with Crippen LogP contribution < -0.4 is 5.32 Å². The normalized spacial score (nSPS) is 13.9. The van der Waals surface area contributed by atoms with E-state index in [4.69, 9.17) is 0 Å². The lowest BCUT2D eigenvalue weighted by atomic mass is 10.0. The average Bonchev–Trinajstić information content (AvgIpc) is 3.23. The van der Waals surface area contributed by atoms with E-state index < -0.39 is 12.1 Å². The van der Waals surface area contributed by atoms with Gasteiger partial charge in [-0.15, -0.1) is 0 Å². The molecule has 0 aromatic rings. The van der Waals surface area contributed by atoms with Crippen LogP contribution in [0.15, 0.2) is 109 Å². The van der Waals surface area contributed by atoms with E-state index in [1.54, 1.807) is 0 Å². The second-order valence-corrected chi connectivity index (χ2v) is 15.8. The molecule has 4 nitrogen and oxygen atoms in total. The number of unbranched alkanes of at least 4 members (excludes halogenated alkanes) is 17. The maximum Gasteiger partial charge on any atom is 0.220 e. The monoisotopic (exact) mass is 802 g/mol. The Kier molecular flexibility index (Phi) is 46.0. The number of rotatable bonds is 42. The molecule has 0 saturated carbocycles. The molecule has 3 N–H and O–H groups in total. The second-order valence-electron chi connectivity index (χ2n) is 15.8. The molecule has 0 radical (unpaired) electrons. The zero-order chi connectivity index (χ0) is 42.1. The van der Waals surface area contributed by atoms with Gasteiger partial charge in [0, 0.05) is 6.42 Å². The van der Waals surface area contributed by atoms with Gasteiger partial charge < -0.3 is 15.5 Å². The van der Waals surface area contributed by atoms with Crippen LogP contribution in [0.3, 0.4) is 0 Å². The van der Waals surface area contributed by atoms with E-state index in [0.29, 0.717) is 12.8 Å². The van der Waals surface area contributed by atoms with Crippen LogP contribution >= 0.6 is 0 Å². The number of hydrogen-bond acceptors (Lipinski definition) is 3. The summed E-state index contributed by atoms with van der Waals surface area (Å²) < 4.78 is 0. The van der Waals surface area contributed by atoms with Crippen molar-refractivity contribution in [3.05, 3.63) is 109 Å². The van der Waals surface area contributed by atoms with Crippen LogP contribution in [0.1, 0.15) is 206 Å². The molecule has 0 fully saturated rings. The molecule has 0 bridgehead atoms. The third-order valence-electron chi connectivity index (χ3n) is 10.3. The van der Waals surface area contributed by atoms with E-state index >= 15 is 0 Å². The minimum absolute atomic E-state index is 0.0557. The fourth-order valence-electron chi connectivity index (χ4n) is 6.65. The highest BCUT2D eigenvalue weighted by molar-refractivity contribution is 5.76. The van der Waals surface area contributed by atoms with Gasteiger partial charge in [0.25, 0.3) is 0 Å². The van der Waals surface area contributed by atoms with E-state index in [1.807, 2.05) is 0 Å². The Morgan fingerprint density at radius 2 is 0.759 bits per heavy atom. The molecule has 0 aromatic heterocycles. The Morgan fingerprint density at radius 1 is 0.431 bits per heavy atom. The molecule has 2 atom stereocenters. The Bertz CT molecular complexity index is 1140. The van der Waals surface area contributed by atoms with E-state index in [-0.39, 0.29) is 12.5 Å². The summed E-state index contributed by atoms with van der Waals surface area (Å²) in [6.45, 7) is 4.22. The van der Waals surface area contributed by atoms with Crippen molar-refractivity contribution in [1.29, 1.82) is 0 Å². The first-order chi connectivity index (χ1) is 28.7. The fraction of sp³-hybridized carbons (Fsp3) is 0.648. The summed E-state index contributed by atoms with van der Waals surface area (Å²) in [4.78, 5) is 12.4. The number of aliphatic hydroxyl groups is 2. The first kappa shape index (κ1) is 55.0. The topological polar surface area (TPSA) is 69.6 Å². The Hall–Kier alpha value is -2.95. The lowest BCUT2D eigenvalue weighted by Gasteiger charge is -2.22. The second kappa shape index (κ2) is 48.4. The van der Waals surface area contributed by atoms with Crippen molar-refractivity contribution < 1.29 is 15.0 Å².